The van der Waals surface area contributed by atoms with Gasteiger partial charge in [-0.25, -0.2) is 4.90 Å². The van der Waals surface area contributed by atoms with E-state index >= 15 is 0 Å². The Morgan fingerprint density at radius 1 is 1.13 bits per heavy atom. The van der Waals surface area contributed by atoms with E-state index < -0.39 is 6.30 Å². The standard InChI is InChI=1S/C10H17F3N2/c11-10(12,13)15-6-2-1-3-9(15)7-14-8-4-5-8/h8-9,14H,1-7H2. The van der Waals surface area contributed by atoms with Gasteiger partial charge in [-0.05, 0) is 25.7 Å². The van der Waals surface area contributed by atoms with Crippen LogP contribution in [-0.4, -0.2) is 36.4 Å². The molecule has 1 aliphatic heterocycles. The number of hydrogen-bond donors (Lipinski definition) is 1. The van der Waals surface area contributed by atoms with Crippen molar-refractivity contribution in [3.05, 3.63) is 0 Å². The molecule has 2 fully saturated rings. The minimum Gasteiger partial charge on any atom is -0.312 e. The van der Waals surface area contributed by atoms with Crippen LogP contribution < -0.4 is 5.32 Å². The predicted molar refractivity (Wildman–Crippen MR) is 51.4 cm³/mol. The molecule has 15 heavy (non-hydrogen) atoms. The fourth-order valence-corrected chi connectivity index (χ4v) is 2.14. The highest BCUT2D eigenvalue weighted by molar-refractivity contribution is 4.86. The van der Waals surface area contributed by atoms with Gasteiger partial charge in [-0.15, -0.1) is 0 Å². The Morgan fingerprint density at radius 2 is 1.87 bits per heavy atom. The molecule has 1 unspecified atom stereocenters. The molecule has 0 aromatic rings. The lowest BCUT2D eigenvalue weighted by Gasteiger charge is -2.36. The van der Waals surface area contributed by atoms with Gasteiger partial charge in [-0.3, -0.25) is 0 Å². The summed E-state index contributed by atoms with van der Waals surface area (Å²) < 4.78 is 37.9. The van der Waals surface area contributed by atoms with Crippen molar-refractivity contribution < 1.29 is 13.2 Å². The molecule has 0 radical (unpaired) electrons. The summed E-state index contributed by atoms with van der Waals surface area (Å²) in [6, 6.07) is 0.140. The van der Waals surface area contributed by atoms with Gasteiger partial charge in [0.1, 0.15) is 0 Å². The second kappa shape index (κ2) is 4.29. The number of nitrogens with zero attached hydrogens (tertiary/aromatic N) is 1. The Balaban J connectivity index is 1.86. The summed E-state index contributed by atoms with van der Waals surface area (Å²) in [5, 5.41) is 3.19. The minimum absolute atomic E-state index is 0.167. The van der Waals surface area contributed by atoms with Crippen LogP contribution in [0.3, 0.4) is 0 Å². The van der Waals surface area contributed by atoms with Gasteiger partial charge in [0, 0.05) is 25.2 Å². The Hall–Kier alpha value is -0.290. The molecule has 1 atom stereocenters. The fraction of sp³-hybridized carbons (Fsp3) is 1.00. The summed E-state index contributed by atoms with van der Waals surface area (Å²) in [6.45, 7) is 0.657. The maximum absolute atomic E-state index is 12.6. The van der Waals surface area contributed by atoms with E-state index in [0.29, 0.717) is 30.3 Å². The third-order valence-corrected chi connectivity index (χ3v) is 3.17. The summed E-state index contributed by atoms with van der Waals surface area (Å²) in [5.74, 6) is 0. The van der Waals surface area contributed by atoms with Crippen LogP contribution in [0.2, 0.25) is 0 Å². The summed E-state index contributed by atoms with van der Waals surface area (Å²) in [6.07, 6.45) is 0.343. The van der Waals surface area contributed by atoms with Crippen LogP contribution in [0.25, 0.3) is 0 Å². The van der Waals surface area contributed by atoms with Crippen molar-refractivity contribution in [3.63, 3.8) is 0 Å². The first-order valence-electron chi connectivity index (χ1n) is 5.64. The number of hydrogen-bond acceptors (Lipinski definition) is 2. The van der Waals surface area contributed by atoms with Crippen molar-refractivity contribution >= 4 is 0 Å². The maximum Gasteiger partial charge on any atom is 0.460 e. The van der Waals surface area contributed by atoms with Gasteiger partial charge in [0.05, 0.1) is 0 Å². The number of piperidine rings is 1. The van der Waals surface area contributed by atoms with E-state index in [4.69, 9.17) is 0 Å². The van der Waals surface area contributed by atoms with Crippen LogP contribution in [-0.2, 0) is 0 Å². The van der Waals surface area contributed by atoms with Gasteiger partial charge in [0.15, 0.2) is 0 Å². The normalized spacial score (nSPS) is 29.4. The van der Waals surface area contributed by atoms with Crippen LogP contribution >= 0.6 is 0 Å². The zero-order valence-corrected chi connectivity index (χ0v) is 8.69. The zero-order valence-electron chi connectivity index (χ0n) is 8.69. The predicted octanol–water partition coefficient (Wildman–Crippen LogP) is 2.11. The first-order chi connectivity index (χ1) is 7.07. The molecule has 1 heterocycles. The van der Waals surface area contributed by atoms with Crippen molar-refractivity contribution in [2.45, 2.75) is 50.5 Å². The van der Waals surface area contributed by atoms with Gasteiger partial charge in [-0.2, -0.15) is 13.2 Å². The summed E-state index contributed by atoms with van der Waals surface area (Å²) in [4.78, 5) is 0.700. The Kier molecular flexibility index (Phi) is 3.21. The first kappa shape index (κ1) is 11.2. The molecule has 0 aromatic heterocycles. The lowest BCUT2D eigenvalue weighted by atomic mass is 10.0. The Labute approximate surface area is 87.8 Å². The van der Waals surface area contributed by atoms with Crippen LogP contribution in [0.15, 0.2) is 0 Å². The molecule has 1 saturated carbocycles. The van der Waals surface area contributed by atoms with Crippen LogP contribution in [0.1, 0.15) is 32.1 Å². The van der Waals surface area contributed by atoms with Crippen molar-refractivity contribution in [2.75, 3.05) is 13.1 Å². The van der Waals surface area contributed by atoms with Crippen molar-refractivity contribution in [2.24, 2.45) is 0 Å². The molecule has 0 bridgehead atoms. The maximum atomic E-state index is 12.6. The highest BCUT2D eigenvalue weighted by atomic mass is 19.4. The molecular weight excluding hydrogens is 205 g/mol. The number of alkyl halides is 3. The van der Waals surface area contributed by atoms with Gasteiger partial charge in [0.2, 0.25) is 0 Å². The number of nitrogens with one attached hydrogen (secondary N) is 1. The molecule has 1 saturated heterocycles. The molecule has 2 rings (SSSR count). The van der Waals surface area contributed by atoms with E-state index in [1.165, 1.54) is 0 Å². The monoisotopic (exact) mass is 222 g/mol. The van der Waals surface area contributed by atoms with Crippen LogP contribution in [0, 0.1) is 0 Å². The molecule has 88 valence electrons. The molecule has 0 aromatic carbocycles. The number of halogens is 3. The summed E-state index contributed by atoms with van der Waals surface area (Å²) in [7, 11) is 0. The lowest BCUT2D eigenvalue weighted by Crippen LogP contribution is -2.52. The molecule has 0 spiro atoms. The molecule has 2 aliphatic rings. The lowest BCUT2D eigenvalue weighted by molar-refractivity contribution is -0.263. The minimum atomic E-state index is -4.16. The average Bonchev–Trinajstić information content (AvgIpc) is 2.97. The molecule has 2 nitrogen and oxygen atoms in total. The quantitative estimate of drug-likeness (QED) is 0.736. The van der Waals surface area contributed by atoms with Gasteiger partial charge >= 0.3 is 6.30 Å². The molecule has 1 aliphatic carbocycles. The second-order valence-electron chi connectivity index (χ2n) is 4.49. The van der Waals surface area contributed by atoms with Gasteiger partial charge in [-0.1, -0.05) is 6.42 Å². The van der Waals surface area contributed by atoms with Crippen molar-refractivity contribution in [1.29, 1.82) is 0 Å². The first-order valence-corrected chi connectivity index (χ1v) is 5.64. The van der Waals surface area contributed by atoms with Crippen molar-refractivity contribution in [1.82, 2.24) is 10.2 Å². The van der Waals surface area contributed by atoms with E-state index in [0.717, 1.165) is 19.3 Å². The van der Waals surface area contributed by atoms with E-state index in [1.54, 1.807) is 0 Å². The molecule has 1 N–H and O–H groups in total. The highest BCUT2D eigenvalue weighted by Crippen LogP contribution is 2.30. The third kappa shape index (κ3) is 3.08. The van der Waals surface area contributed by atoms with Gasteiger partial charge in [0.25, 0.3) is 0 Å². The van der Waals surface area contributed by atoms with Gasteiger partial charge < -0.3 is 5.32 Å². The number of rotatable bonds is 3. The zero-order chi connectivity index (χ0) is 10.9. The molecule has 0 amide bonds. The highest BCUT2D eigenvalue weighted by Gasteiger charge is 2.42. The largest absolute Gasteiger partial charge is 0.460 e. The van der Waals surface area contributed by atoms with Crippen molar-refractivity contribution in [3.8, 4) is 0 Å². The Morgan fingerprint density at radius 3 is 2.47 bits per heavy atom. The third-order valence-electron chi connectivity index (χ3n) is 3.17. The fourth-order valence-electron chi connectivity index (χ4n) is 2.14. The average molecular weight is 222 g/mol. The molecule has 5 heteroatoms. The topological polar surface area (TPSA) is 15.3 Å². The smallest absolute Gasteiger partial charge is 0.312 e. The number of likely N-dealkylation sites (tertiary alicyclic amines) is 1. The second-order valence-corrected chi connectivity index (χ2v) is 4.49. The summed E-state index contributed by atoms with van der Waals surface area (Å²) >= 11 is 0. The SMILES string of the molecule is FC(F)(F)N1CCCCC1CNC1CC1. The van der Waals surface area contributed by atoms with E-state index in [2.05, 4.69) is 5.32 Å². The van der Waals surface area contributed by atoms with E-state index in [9.17, 15) is 13.2 Å². The summed E-state index contributed by atoms with van der Waals surface area (Å²) in [5.41, 5.74) is 0. The van der Waals surface area contributed by atoms with Crippen LogP contribution in [0.4, 0.5) is 13.2 Å². The van der Waals surface area contributed by atoms with E-state index in [1.807, 2.05) is 0 Å². The van der Waals surface area contributed by atoms with E-state index in [-0.39, 0.29) is 12.6 Å². The molecular formula is C10H17F3N2. The van der Waals surface area contributed by atoms with Crippen LogP contribution in [0.5, 0.6) is 0 Å². The Bertz CT molecular complexity index is 213.